The number of ether oxygens (including phenoxy) is 1. The summed E-state index contributed by atoms with van der Waals surface area (Å²) in [6.07, 6.45) is 2.35. The molecule has 2 rings (SSSR count). The molecule has 1 aliphatic carbocycles. The number of likely N-dealkylation sites (N-methyl/N-ethyl adjacent to an activating group) is 1. The predicted molar refractivity (Wildman–Crippen MR) is 77.6 cm³/mol. The number of aliphatic hydroxyl groups is 1. The lowest BCUT2D eigenvalue weighted by atomic mass is 9.82. The van der Waals surface area contributed by atoms with E-state index in [4.69, 9.17) is 4.74 Å². The summed E-state index contributed by atoms with van der Waals surface area (Å²) in [6.45, 7) is 0.560. The largest absolute Gasteiger partial charge is 0.389 e. The molecular formula is C16H23NO3. The molecule has 2 unspecified atom stereocenters. The van der Waals surface area contributed by atoms with Crippen LogP contribution >= 0.6 is 0 Å². The molecule has 1 amide bonds. The summed E-state index contributed by atoms with van der Waals surface area (Å²) in [5.74, 6) is 0.0204. The Bertz CT molecular complexity index is 461. The van der Waals surface area contributed by atoms with Crippen molar-refractivity contribution < 1.29 is 14.6 Å². The standard InChI is InChI=1S/C16H23NO3/c1-17(10-13(18)11-20-2)16(19)15-9-5-7-12-6-3-4-8-14(12)15/h3-4,6,8,13,15,18H,5,7,9-11H2,1-2H3. The van der Waals surface area contributed by atoms with E-state index in [2.05, 4.69) is 12.1 Å². The number of nitrogens with zero attached hydrogens (tertiary/aromatic N) is 1. The highest BCUT2D eigenvalue weighted by atomic mass is 16.5. The van der Waals surface area contributed by atoms with E-state index < -0.39 is 6.10 Å². The molecule has 0 fully saturated rings. The molecular weight excluding hydrogens is 254 g/mol. The maximum Gasteiger partial charge on any atom is 0.229 e. The zero-order chi connectivity index (χ0) is 14.5. The van der Waals surface area contributed by atoms with Crippen LogP contribution in [0.4, 0.5) is 0 Å². The van der Waals surface area contributed by atoms with Crippen molar-refractivity contribution >= 4 is 5.91 Å². The van der Waals surface area contributed by atoms with Crippen molar-refractivity contribution in [2.45, 2.75) is 31.3 Å². The molecule has 20 heavy (non-hydrogen) atoms. The Kier molecular flexibility index (Phi) is 5.15. The van der Waals surface area contributed by atoms with Crippen molar-refractivity contribution in [1.29, 1.82) is 0 Å². The number of methoxy groups -OCH3 is 1. The number of hydrogen-bond acceptors (Lipinski definition) is 3. The summed E-state index contributed by atoms with van der Waals surface area (Å²) in [6, 6.07) is 8.17. The fourth-order valence-electron chi connectivity index (χ4n) is 2.93. The molecule has 4 heteroatoms. The average molecular weight is 277 g/mol. The molecule has 1 aromatic rings. The van der Waals surface area contributed by atoms with Crippen molar-refractivity contribution in [1.82, 2.24) is 4.90 Å². The molecule has 0 saturated carbocycles. The average Bonchev–Trinajstić information content (AvgIpc) is 2.46. The van der Waals surface area contributed by atoms with Crippen LogP contribution in [0.2, 0.25) is 0 Å². The zero-order valence-electron chi connectivity index (χ0n) is 12.2. The summed E-state index contributed by atoms with van der Waals surface area (Å²) >= 11 is 0. The van der Waals surface area contributed by atoms with E-state index in [9.17, 15) is 9.90 Å². The number of fused-ring (bicyclic) bond motifs is 1. The Morgan fingerprint density at radius 2 is 2.25 bits per heavy atom. The minimum absolute atomic E-state index is 0.0697. The van der Waals surface area contributed by atoms with Gasteiger partial charge < -0.3 is 14.7 Å². The first-order chi connectivity index (χ1) is 9.63. The molecule has 0 spiro atoms. The highest BCUT2D eigenvalue weighted by Crippen LogP contribution is 2.32. The van der Waals surface area contributed by atoms with E-state index in [1.54, 1.807) is 19.1 Å². The summed E-state index contributed by atoms with van der Waals surface area (Å²) in [5, 5.41) is 9.74. The number of carbonyl (C=O) groups excluding carboxylic acids is 1. The van der Waals surface area contributed by atoms with Crippen molar-refractivity contribution in [3.05, 3.63) is 35.4 Å². The van der Waals surface area contributed by atoms with Gasteiger partial charge in [0, 0.05) is 20.7 Å². The van der Waals surface area contributed by atoms with Crippen LogP contribution in [0.1, 0.15) is 29.9 Å². The van der Waals surface area contributed by atoms with Gasteiger partial charge in [-0.2, -0.15) is 0 Å². The molecule has 0 aliphatic heterocycles. The number of hydrogen-bond donors (Lipinski definition) is 1. The molecule has 110 valence electrons. The van der Waals surface area contributed by atoms with Gasteiger partial charge in [-0.15, -0.1) is 0 Å². The normalized spacial score (nSPS) is 19.2. The van der Waals surface area contributed by atoms with Crippen LogP contribution in [0.15, 0.2) is 24.3 Å². The number of amides is 1. The quantitative estimate of drug-likeness (QED) is 0.889. The second-order valence-corrected chi connectivity index (χ2v) is 5.47. The van der Waals surface area contributed by atoms with Crippen LogP contribution in [-0.4, -0.2) is 49.3 Å². The maximum atomic E-state index is 12.6. The fraction of sp³-hybridized carbons (Fsp3) is 0.562. The van der Waals surface area contributed by atoms with E-state index in [-0.39, 0.29) is 18.4 Å². The van der Waals surface area contributed by atoms with E-state index in [1.165, 1.54) is 5.56 Å². The summed E-state index contributed by atoms with van der Waals surface area (Å²) < 4.78 is 4.90. The second kappa shape index (κ2) is 6.86. The third-order valence-electron chi connectivity index (χ3n) is 3.89. The first-order valence-electron chi connectivity index (χ1n) is 7.13. The summed E-state index contributed by atoms with van der Waals surface area (Å²) in [4.78, 5) is 14.2. The number of benzene rings is 1. The van der Waals surface area contributed by atoms with Gasteiger partial charge in [0.05, 0.1) is 18.6 Å². The first kappa shape index (κ1) is 15.0. The smallest absolute Gasteiger partial charge is 0.229 e. The Labute approximate surface area is 120 Å². The lowest BCUT2D eigenvalue weighted by Gasteiger charge is -2.29. The SMILES string of the molecule is COCC(O)CN(C)C(=O)C1CCCc2ccccc21. The van der Waals surface area contributed by atoms with Crippen LogP contribution in [0.3, 0.4) is 0 Å². The molecule has 0 radical (unpaired) electrons. The van der Waals surface area contributed by atoms with Crippen LogP contribution in [0, 0.1) is 0 Å². The maximum absolute atomic E-state index is 12.6. The third-order valence-corrected chi connectivity index (χ3v) is 3.89. The van der Waals surface area contributed by atoms with Crippen LogP contribution in [0.25, 0.3) is 0 Å². The Balaban J connectivity index is 2.06. The van der Waals surface area contributed by atoms with Gasteiger partial charge in [0.15, 0.2) is 0 Å². The van der Waals surface area contributed by atoms with E-state index in [0.717, 1.165) is 24.8 Å². The molecule has 4 nitrogen and oxygen atoms in total. The first-order valence-corrected chi connectivity index (χ1v) is 7.13. The van der Waals surface area contributed by atoms with E-state index >= 15 is 0 Å². The summed E-state index contributed by atoms with van der Waals surface area (Å²) in [7, 11) is 3.29. The number of rotatable bonds is 5. The lowest BCUT2D eigenvalue weighted by molar-refractivity contribution is -0.133. The topological polar surface area (TPSA) is 49.8 Å². The number of aliphatic hydroxyl groups excluding tert-OH is 1. The highest BCUT2D eigenvalue weighted by molar-refractivity contribution is 5.84. The van der Waals surface area contributed by atoms with Crippen molar-refractivity contribution in [3.8, 4) is 0 Å². The number of aryl methyl sites for hydroxylation is 1. The van der Waals surface area contributed by atoms with Gasteiger partial charge in [-0.25, -0.2) is 0 Å². The van der Waals surface area contributed by atoms with Gasteiger partial charge in [0.2, 0.25) is 5.91 Å². The minimum atomic E-state index is -0.632. The molecule has 1 N–H and O–H groups in total. The van der Waals surface area contributed by atoms with Gasteiger partial charge in [0.25, 0.3) is 0 Å². The molecule has 0 bridgehead atoms. The monoisotopic (exact) mass is 277 g/mol. The van der Waals surface area contributed by atoms with Crippen LogP contribution in [0.5, 0.6) is 0 Å². The molecule has 0 saturated heterocycles. The second-order valence-electron chi connectivity index (χ2n) is 5.47. The van der Waals surface area contributed by atoms with Crippen LogP contribution < -0.4 is 0 Å². The Hall–Kier alpha value is -1.39. The van der Waals surface area contributed by atoms with Gasteiger partial charge in [-0.05, 0) is 30.4 Å². The Morgan fingerprint density at radius 3 is 3.00 bits per heavy atom. The molecule has 1 aromatic carbocycles. The van der Waals surface area contributed by atoms with Crippen molar-refractivity contribution in [2.24, 2.45) is 0 Å². The molecule has 0 heterocycles. The minimum Gasteiger partial charge on any atom is -0.389 e. The summed E-state index contributed by atoms with van der Waals surface area (Å²) in [5.41, 5.74) is 2.43. The van der Waals surface area contributed by atoms with Gasteiger partial charge >= 0.3 is 0 Å². The van der Waals surface area contributed by atoms with Gasteiger partial charge in [0.1, 0.15) is 0 Å². The number of carbonyl (C=O) groups is 1. The van der Waals surface area contributed by atoms with Crippen molar-refractivity contribution in [3.63, 3.8) is 0 Å². The fourth-order valence-corrected chi connectivity index (χ4v) is 2.93. The molecule has 0 aromatic heterocycles. The third kappa shape index (κ3) is 3.38. The molecule has 2 atom stereocenters. The van der Waals surface area contributed by atoms with Crippen molar-refractivity contribution in [2.75, 3.05) is 27.3 Å². The van der Waals surface area contributed by atoms with E-state index in [1.807, 2.05) is 12.1 Å². The highest BCUT2D eigenvalue weighted by Gasteiger charge is 2.28. The zero-order valence-corrected chi connectivity index (χ0v) is 12.2. The van der Waals surface area contributed by atoms with Crippen LogP contribution in [-0.2, 0) is 16.0 Å². The van der Waals surface area contributed by atoms with E-state index in [0.29, 0.717) is 6.54 Å². The Morgan fingerprint density at radius 1 is 1.50 bits per heavy atom. The predicted octanol–water partition coefficient (Wildman–Crippen LogP) is 1.57. The van der Waals surface area contributed by atoms with Gasteiger partial charge in [-0.1, -0.05) is 24.3 Å². The van der Waals surface area contributed by atoms with Gasteiger partial charge in [-0.3, -0.25) is 4.79 Å². The lowest BCUT2D eigenvalue weighted by Crippen LogP contribution is -2.39. The molecule has 1 aliphatic rings.